The van der Waals surface area contributed by atoms with Crippen molar-refractivity contribution in [2.45, 2.75) is 12.8 Å². The summed E-state index contributed by atoms with van der Waals surface area (Å²) in [6.07, 6.45) is 7.21. The summed E-state index contributed by atoms with van der Waals surface area (Å²) in [6.45, 7) is 2.42. The van der Waals surface area contributed by atoms with Crippen molar-refractivity contribution in [2.24, 2.45) is 7.05 Å². The first-order valence-electron chi connectivity index (χ1n) is 5.97. The number of hydrogen-bond donors (Lipinski definition) is 0. The average molecular weight is 213 g/mol. The van der Waals surface area contributed by atoms with Gasteiger partial charge in [-0.2, -0.15) is 0 Å². The number of nitrogens with zero attached hydrogens (tertiary/aromatic N) is 2. The molecule has 2 aromatic rings. The standard InChI is InChI=1S/C14H17N2/c1-15-10-12(11-16-8-4-5-9-16)13-6-2-3-7-14(13)15/h2-3,6-7,10-11H,4-5,8-9H2,1H3/q+1. The lowest BCUT2D eigenvalue weighted by atomic mass is 10.2. The molecule has 3 rings (SSSR count). The van der Waals surface area contributed by atoms with Crippen molar-refractivity contribution in [3.05, 3.63) is 36.0 Å². The maximum absolute atomic E-state index is 2.43. The molecule has 0 N–H and O–H groups in total. The maximum Gasteiger partial charge on any atom is 0.172 e. The summed E-state index contributed by atoms with van der Waals surface area (Å²) >= 11 is 0. The number of aryl methyl sites for hydroxylation is 1. The third-order valence-corrected chi connectivity index (χ3v) is 3.39. The number of hydrogen-bond acceptors (Lipinski definition) is 0. The quantitative estimate of drug-likeness (QED) is 0.643. The molecule has 1 aliphatic rings. The molecule has 82 valence electrons. The number of fused-ring (bicyclic) bond motifs is 1. The van der Waals surface area contributed by atoms with E-state index in [1.54, 1.807) is 0 Å². The number of rotatable bonds is 1. The Morgan fingerprint density at radius 3 is 2.75 bits per heavy atom. The normalized spacial score (nSPS) is 15.9. The van der Waals surface area contributed by atoms with Gasteiger partial charge >= 0.3 is 0 Å². The summed E-state index contributed by atoms with van der Waals surface area (Å²) in [5, 5.41) is 1.36. The van der Waals surface area contributed by atoms with E-state index >= 15 is 0 Å². The van der Waals surface area contributed by atoms with Crippen LogP contribution in [0.2, 0.25) is 0 Å². The van der Waals surface area contributed by atoms with E-state index < -0.39 is 0 Å². The van der Waals surface area contributed by atoms with Gasteiger partial charge in [0, 0.05) is 37.0 Å². The van der Waals surface area contributed by atoms with Crippen LogP contribution in [-0.2, 0) is 7.05 Å². The first-order chi connectivity index (χ1) is 7.84. The largest absolute Gasteiger partial charge is 0.350 e. The van der Waals surface area contributed by atoms with Crippen LogP contribution in [0.3, 0.4) is 0 Å². The van der Waals surface area contributed by atoms with Crippen molar-refractivity contribution < 1.29 is 4.58 Å². The Morgan fingerprint density at radius 1 is 1.19 bits per heavy atom. The molecular formula is C14H17N2+. The smallest absolute Gasteiger partial charge is 0.172 e. The first-order valence-corrected chi connectivity index (χ1v) is 5.97. The molecule has 16 heavy (non-hydrogen) atoms. The fourth-order valence-electron chi connectivity index (χ4n) is 2.54. The van der Waals surface area contributed by atoms with E-state index in [9.17, 15) is 0 Å². The molecule has 0 unspecified atom stereocenters. The van der Waals surface area contributed by atoms with Crippen molar-refractivity contribution in [1.29, 1.82) is 0 Å². The van der Waals surface area contributed by atoms with Gasteiger partial charge < -0.3 is 4.57 Å². The van der Waals surface area contributed by atoms with E-state index in [4.69, 9.17) is 0 Å². The van der Waals surface area contributed by atoms with Crippen LogP contribution in [0, 0.1) is 0 Å². The van der Waals surface area contributed by atoms with Crippen molar-refractivity contribution in [3.63, 3.8) is 0 Å². The highest BCUT2D eigenvalue weighted by Crippen LogP contribution is 2.18. The van der Waals surface area contributed by atoms with Gasteiger partial charge in [0.05, 0.1) is 5.56 Å². The monoisotopic (exact) mass is 213 g/mol. The lowest BCUT2D eigenvalue weighted by Crippen LogP contribution is -2.07. The van der Waals surface area contributed by atoms with Crippen LogP contribution in [-0.4, -0.2) is 28.4 Å². The van der Waals surface area contributed by atoms with E-state index in [0.717, 1.165) is 0 Å². The third-order valence-electron chi connectivity index (χ3n) is 3.39. The number of benzene rings is 1. The molecule has 0 radical (unpaired) electrons. The molecule has 0 spiro atoms. The van der Waals surface area contributed by atoms with Gasteiger partial charge in [0.1, 0.15) is 13.1 Å². The Kier molecular flexibility index (Phi) is 2.28. The Bertz CT molecular complexity index is 541. The fourth-order valence-corrected chi connectivity index (χ4v) is 2.54. The Hall–Kier alpha value is -1.57. The second kappa shape index (κ2) is 3.78. The molecule has 0 bridgehead atoms. The topological polar surface area (TPSA) is 7.94 Å². The van der Waals surface area contributed by atoms with E-state index in [2.05, 4.69) is 52.9 Å². The molecule has 0 saturated carbocycles. The molecule has 1 saturated heterocycles. The minimum atomic E-state index is 1.21. The molecule has 0 aliphatic carbocycles. The zero-order valence-electron chi connectivity index (χ0n) is 9.69. The van der Waals surface area contributed by atoms with Gasteiger partial charge in [0.2, 0.25) is 0 Å². The van der Waals surface area contributed by atoms with Crippen LogP contribution in [0.15, 0.2) is 30.5 Å². The molecule has 2 heterocycles. The van der Waals surface area contributed by atoms with Crippen LogP contribution in [0.4, 0.5) is 0 Å². The van der Waals surface area contributed by atoms with Gasteiger partial charge in [-0.05, 0) is 6.07 Å². The number of aromatic nitrogens is 1. The molecule has 0 atom stereocenters. The van der Waals surface area contributed by atoms with Crippen molar-refractivity contribution >= 4 is 17.1 Å². The Balaban J connectivity index is 2.13. The molecule has 2 nitrogen and oxygen atoms in total. The van der Waals surface area contributed by atoms with E-state index in [1.807, 2.05) is 0 Å². The molecule has 1 aliphatic heterocycles. The molecule has 1 aromatic carbocycles. The minimum absolute atomic E-state index is 1.21. The zero-order chi connectivity index (χ0) is 11.0. The summed E-state index contributed by atoms with van der Waals surface area (Å²) in [5.74, 6) is 0. The first kappa shape index (κ1) is 9.64. The van der Waals surface area contributed by atoms with E-state index in [-0.39, 0.29) is 0 Å². The fraction of sp³-hybridized carbons (Fsp3) is 0.357. The van der Waals surface area contributed by atoms with E-state index in [0.29, 0.717) is 0 Å². The minimum Gasteiger partial charge on any atom is -0.350 e. The van der Waals surface area contributed by atoms with Gasteiger partial charge in [-0.3, -0.25) is 0 Å². The molecule has 0 amide bonds. The van der Waals surface area contributed by atoms with Crippen LogP contribution >= 0.6 is 0 Å². The van der Waals surface area contributed by atoms with Gasteiger partial charge in [-0.15, -0.1) is 0 Å². The van der Waals surface area contributed by atoms with Gasteiger partial charge in [-0.1, -0.05) is 18.2 Å². The van der Waals surface area contributed by atoms with Crippen molar-refractivity contribution in [3.8, 4) is 0 Å². The highest BCUT2D eigenvalue weighted by atomic mass is 15.0. The highest BCUT2D eigenvalue weighted by molar-refractivity contribution is 5.97. The highest BCUT2D eigenvalue weighted by Gasteiger charge is 2.14. The molecular weight excluding hydrogens is 196 g/mol. The lowest BCUT2D eigenvalue weighted by Gasteiger charge is -1.93. The molecule has 2 heteroatoms. The van der Waals surface area contributed by atoms with Crippen molar-refractivity contribution in [2.75, 3.05) is 13.1 Å². The maximum atomic E-state index is 2.43. The lowest BCUT2D eigenvalue weighted by molar-refractivity contribution is -0.500. The van der Waals surface area contributed by atoms with Crippen molar-refractivity contribution in [1.82, 2.24) is 4.57 Å². The summed E-state index contributed by atoms with van der Waals surface area (Å²) in [6, 6.07) is 8.60. The molecule has 1 aromatic heterocycles. The van der Waals surface area contributed by atoms with Crippen LogP contribution in [0.1, 0.15) is 18.4 Å². The van der Waals surface area contributed by atoms with Gasteiger partial charge in [-0.25, -0.2) is 4.58 Å². The third kappa shape index (κ3) is 1.54. The second-order valence-corrected chi connectivity index (χ2v) is 4.58. The van der Waals surface area contributed by atoms with Crippen LogP contribution in [0.5, 0.6) is 0 Å². The predicted octanol–water partition coefficient (Wildman–Crippen LogP) is 2.40. The summed E-state index contributed by atoms with van der Waals surface area (Å²) in [7, 11) is 2.11. The summed E-state index contributed by atoms with van der Waals surface area (Å²) in [5.41, 5.74) is 2.66. The van der Waals surface area contributed by atoms with Gasteiger partial charge in [0.25, 0.3) is 0 Å². The van der Waals surface area contributed by atoms with Crippen LogP contribution in [0.25, 0.3) is 10.9 Å². The zero-order valence-corrected chi connectivity index (χ0v) is 9.69. The van der Waals surface area contributed by atoms with Crippen LogP contribution < -0.4 is 0 Å². The Morgan fingerprint density at radius 2 is 1.94 bits per heavy atom. The van der Waals surface area contributed by atoms with E-state index in [1.165, 1.54) is 42.4 Å². The average Bonchev–Trinajstić information content (AvgIpc) is 2.90. The van der Waals surface area contributed by atoms with Gasteiger partial charge in [0.15, 0.2) is 6.21 Å². The summed E-state index contributed by atoms with van der Waals surface area (Å²) < 4.78 is 4.64. The predicted molar refractivity (Wildman–Crippen MR) is 67.3 cm³/mol. The SMILES string of the molecule is Cn1cc(C=[N+]2CCCC2)c2ccccc21. The summed E-state index contributed by atoms with van der Waals surface area (Å²) in [4.78, 5) is 0. The Labute approximate surface area is 95.8 Å². The second-order valence-electron chi connectivity index (χ2n) is 4.58. The number of para-hydroxylation sites is 1. The molecule has 1 fully saturated rings.